The summed E-state index contributed by atoms with van der Waals surface area (Å²) < 4.78 is 10.6. The van der Waals surface area contributed by atoms with Crippen LogP contribution in [0.4, 0.5) is 0 Å². The van der Waals surface area contributed by atoms with Crippen LogP contribution in [0, 0.1) is 13.8 Å². The molecule has 0 radical (unpaired) electrons. The molecule has 0 aromatic heterocycles. The van der Waals surface area contributed by atoms with Gasteiger partial charge in [0.05, 0.1) is 0 Å². The maximum Gasteiger partial charge on any atom is 0.340 e. The molecule has 1 heterocycles. The molecule has 3 heteroatoms. The van der Waals surface area contributed by atoms with Gasteiger partial charge in [-0.15, -0.1) is 0 Å². The molecular formula is C13H16O3. The Hall–Kier alpha value is -1.35. The van der Waals surface area contributed by atoms with E-state index in [1.807, 2.05) is 32.0 Å². The number of carbonyl (C=O) groups is 1. The molecular weight excluding hydrogens is 204 g/mol. The predicted molar refractivity (Wildman–Crippen MR) is 60.5 cm³/mol. The van der Waals surface area contributed by atoms with Crippen LogP contribution in [0.2, 0.25) is 0 Å². The number of benzene rings is 1. The van der Waals surface area contributed by atoms with Crippen LogP contribution < -0.4 is 4.74 Å². The van der Waals surface area contributed by atoms with Crippen LogP contribution in [-0.2, 0) is 9.53 Å². The second kappa shape index (κ2) is 4.66. The van der Waals surface area contributed by atoms with Crippen molar-refractivity contribution in [2.75, 3.05) is 6.61 Å². The van der Waals surface area contributed by atoms with E-state index in [2.05, 4.69) is 0 Å². The summed E-state index contributed by atoms with van der Waals surface area (Å²) in [5.74, 6) is 0.357. The highest BCUT2D eigenvalue weighted by atomic mass is 16.6. The Balaban J connectivity index is 2.05. The summed E-state index contributed by atoms with van der Waals surface area (Å²) >= 11 is 0. The molecule has 0 amide bonds. The minimum atomic E-state index is -0.374. The lowest BCUT2D eigenvalue weighted by Crippen LogP contribution is -2.25. The normalized spacial score (nSPS) is 19.8. The van der Waals surface area contributed by atoms with E-state index in [0.717, 1.165) is 24.0 Å². The van der Waals surface area contributed by atoms with Gasteiger partial charge in [0.2, 0.25) is 0 Å². The number of aryl methyl sites for hydroxylation is 2. The lowest BCUT2D eigenvalue weighted by atomic mass is 10.1. The molecule has 16 heavy (non-hydrogen) atoms. The molecule has 1 atom stereocenters. The molecule has 86 valence electrons. The van der Waals surface area contributed by atoms with Crippen molar-refractivity contribution in [2.45, 2.75) is 32.8 Å². The van der Waals surface area contributed by atoms with Crippen LogP contribution in [0.15, 0.2) is 18.2 Å². The highest BCUT2D eigenvalue weighted by Gasteiger charge is 2.25. The quantitative estimate of drug-likeness (QED) is 0.567. The molecule has 1 saturated heterocycles. The molecule has 1 aromatic carbocycles. The standard InChI is InChI=1S/C13H16O3/c1-9-5-6-11(10(2)8-9)16-13(14)12-4-3-7-15-12/h5-6,8,12H,3-4,7H2,1-2H3. The summed E-state index contributed by atoms with van der Waals surface area (Å²) in [6.07, 6.45) is 1.33. The second-order valence-electron chi connectivity index (χ2n) is 4.19. The van der Waals surface area contributed by atoms with Gasteiger partial charge in [-0.2, -0.15) is 0 Å². The van der Waals surface area contributed by atoms with Crippen LogP contribution in [-0.4, -0.2) is 18.7 Å². The summed E-state index contributed by atoms with van der Waals surface area (Å²) in [5, 5.41) is 0. The van der Waals surface area contributed by atoms with Crippen LogP contribution in [0.25, 0.3) is 0 Å². The van der Waals surface area contributed by atoms with E-state index < -0.39 is 0 Å². The third-order valence-electron chi connectivity index (χ3n) is 2.73. The van der Waals surface area contributed by atoms with E-state index in [9.17, 15) is 4.79 Å². The van der Waals surface area contributed by atoms with E-state index in [1.54, 1.807) is 0 Å². The smallest absolute Gasteiger partial charge is 0.340 e. The molecule has 1 unspecified atom stereocenters. The van der Waals surface area contributed by atoms with Gasteiger partial charge in [0.15, 0.2) is 6.10 Å². The Bertz CT molecular complexity index is 392. The summed E-state index contributed by atoms with van der Waals surface area (Å²) in [6.45, 7) is 4.61. The summed E-state index contributed by atoms with van der Waals surface area (Å²) in [6, 6.07) is 5.76. The number of rotatable bonds is 2. The zero-order chi connectivity index (χ0) is 11.5. The lowest BCUT2D eigenvalue weighted by molar-refractivity contribution is -0.144. The Labute approximate surface area is 95.4 Å². The van der Waals surface area contributed by atoms with Crippen LogP contribution >= 0.6 is 0 Å². The van der Waals surface area contributed by atoms with E-state index in [4.69, 9.17) is 9.47 Å². The minimum Gasteiger partial charge on any atom is -0.424 e. The molecule has 2 rings (SSSR count). The van der Waals surface area contributed by atoms with Crippen LogP contribution in [0.1, 0.15) is 24.0 Å². The maximum absolute atomic E-state index is 11.7. The first-order chi connectivity index (χ1) is 7.66. The highest BCUT2D eigenvalue weighted by Crippen LogP contribution is 2.21. The Morgan fingerprint density at radius 2 is 2.25 bits per heavy atom. The number of hydrogen-bond donors (Lipinski definition) is 0. The third kappa shape index (κ3) is 2.42. The van der Waals surface area contributed by atoms with Gasteiger partial charge in [0.25, 0.3) is 0 Å². The van der Waals surface area contributed by atoms with Crippen molar-refractivity contribution >= 4 is 5.97 Å². The molecule has 1 aromatic rings. The van der Waals surface area contributed by atoms with Gasteiger partial charge in [-0.3, -0.25) is 0 Å². The Morgan fingerprint density at radius 1 is 1.44 bits per heavy atom. The summed E-state index contributed by atoms with van der Waals surface area (Å²) in [7, 11) is 0. The lowest BCUT2D eigenvalue weighted by Gasteiger charge is -2.11. The molecule has 0 saturated carbocycles. The van der Waals surface area contributed by atoms with Crippen molar-refractivity contribution in [1.82, 2.24) is 0 Å². The number of carbonyl (C=O) groups excluding carboxylic acids is 1. The predicted octanol–water partition coefficient (Wildman–Crippen LogP) is 2.39. The fourth-order valence-electron chi connectivity index (χ4n) is 1.85. The van der Waals surface area contributed by atoms with Gasteiger partial charge < -0.3 is 9.47 Å². The van der Waals surface area contributed by atoms with Crippen LogP contribution in [0.5, 0.6) is 5.75 Å². The Kier molecular flexibility index (Phi) is 3.25. The van der Waals surface area contributed by atoms with Gasteiger partial charge in [-0.1, -0.05) is 17.7 Å². The second-order valence-corrected chi connectivity index (χ2v) is 4.19. The van der Waals surface area contributed by atoms with Gasteiger partial charge >= 0.3 is 5.97 Å². The van der Waals surface area contributed by atoms with E-state index >= 15 is 0 Å². The summed E-state index contributed by atoms with van der Waals surface area (Å²) in [5.41, 5.74) is 2.14. The minimum absolute atomic E-state index is 0.274. The highest BCUT2D eigenvalue weighted by molar-refractivity contribution is 5.77. The van der Waals surface area contributed by atoms with E-state index in [0.29, 0.717) is 12.4 Å². The van der Waals surface area contributed by atoms with Crippen molar-refractivity contribution in [3.05, 3.63) is 29.3 Å². The maximum atomic E-state index is 11.7. The van der Waals surface area contributed by atoms with E-state index in [-0.39, 0.29) is 12.1 Å². The molecule has 1 aliphatic rings. The number of ether oxygens (including phenoxy) is 2. The van der Waals surface area contributed by atoms with Crippen molar-refractivity contribution < 1.29 is 14.3 Å². The SMILES string of the molecule is Cc1ccc(OC(=O)C2CCCO2)c(C)c1. The van der Waals surface area contributed by atoms with Crippen molar-refractivity contribution in [1.29, 1.82) is 0 Å². The molecule has 0 N–H and O–H groups in total. The fraction of sp³-hybridized carbons (Fsp3) is 0.462. The van der Waals surface area contributed by atoms with Gasteiger partial charge in [-0.25, -0.2) is 4.79 Å². The molecule has 0 aliphatic carbocycles. The van der Waals surface area contributed by atoms with Crippen molar-refractivity contribution in [2.24, 2.45) is 0 Å². The average Bonchev–Trinajstić information content (AvgIpc) is 2.75. The molecule has 3 nitrogen and oxygen atoms in total. The van der Waals surface area contributed by atoms with Gasteiger partial charge in [0, 0.05) is 6.61 Å². The largest absolute Gasteiger partial charge is 0.424 e. The third-order valence-corrected chi connectivity index (χ3v) is 2.73. The molecule has 1 fully saturated rings. The van der Waals surface area contributed by atoms with Gasteiger partial charge in [-0.05, 0) is 38.3 Å². The van der Waals surface area contributed by atoms with Crippen molar-refractivity contribution in [3.8, 4) is 5.75 Å². The first kappa shape index (κ1) is 11.1. The topological polar surface area (TPSA) is 35.5 Å². The summed E-state index contributed by atoms with van der Waals surface area (Å²) in [4.78, 5) is 11.7. The number of esters is 1. The first-order valence-electron chi connectivity index (χ1n) is 5.57. The van der Waals surface area contributed by atoms with Crippen molar-refractivity contribution in [3.63, 3.8) is 0 Å². The number of hydrogen-bond acceptors (Lipinski definition) is 3. The zero-order valence-electron chi connectivity index (χ0n) is 9.66. The van der Waals surface area contributed by atoms with Crippen LogP contribution in [0.3, 0.4) is 0 Å². The Morgan fingerprint density at radius 3 is 2.88 bits per heavy atom. The zero-order valence-corrected chi connectivity index (χ0v) is 9.66. The monoisotopic (exact) mass is 220 g/mol. The fourth-order valence-corrected chi connectivity index (χ4v) is 1.85. The molecule has 0 bridgehead atoms. The average molecular weight is 220 g/mol. The van der Waals surface area contributed by atoms with E-state index in [1.165, 1.54) is 0 Å². The van der Waals surface area contributed by atoms with Gasteiger partial charge in [0.1, 0.15) is 5.75 Å². The first-order valence-corrected chi connectivity index (χ1v) is 5.57. The molecule has 0 spiro atoms. The molecule has 1 aliphatic heterocycles.